The maximum Gasteiger partial charge on any atom is 0.0899 e. The van der Waals surface area contributed by atoms with Crippen LogP contribution in [0.4, 0.5) is 0 Å². The van der Waals surface area contributed by atoms with E-state index in [2.05, 4.69) is 24.3 Å². The molecular formula is C12H22ClN3O. The molecule has 5 heteroatoms. The maximum atomic E-state index is 6.12. The number of ether oxygens (including phenoxy) is 1. The Morgan fingerprint density at radius 1 is 1.47 bits per heavy atom. The van der Waals surface area contributed by atoms with Crippen LogP contribution >= 0.6 is 11.6 Å². The van der Waals surface area contributed by atoms with Gasteiger partial charge in [0, 0.05) is 19.7 Å². The molecule has 0 aliphatic rings. The van der Waals surface area contributed by atoms with Gasteiger partial charge < -0.3 is 10.1 Å². The Hall–Kier alpha value is -0.580. The van der Waals surface area contributed by atoms with Crippen molar-refractivity contribution in [3.8, 4) is 0 Å². The largest absolute Gasteiger partial charge is 0.375 e. The Labute approximate surface area is 108 Å². The highest BCUT2D eigenvalue weighted by molar-refractivity contribution is 6.31. The van der Waals surface area contributed by atoms with Crippen molar-refractivity contribution in [1.82, 2.24) is 15.1 Å². The van der Waals surface area contributed by atoms with E-state index in [1.54, 1.807) is 4.68 Å². The van der Waals surface area contributed by atoms with Crippen molar-refractivity contribution < 1.29 is 4.74 Å². The minimum absolute atomic E-state index is 0.526. The topological polar surface area (TPSA) is 39.1 Å². The Bertz CT molecular complexity index is 350. The predicted octanol–water partition coefficient (Wildman–Crippen LogP) is 2.29. The van der Waals surface area contributed by atoms with Crippen molar-refractivity contribution in [2.75, 3.05) is 13.2 Å². The summed E-state index contributed by atoms with van der Waals surface area (Å²) in [6.45, 7) is 8.42. The van der Waals surface area contributed by atoms with E-state index in [0.29, 0.717) is 17.7 Å². The second kappa shape index (κ2) is 6.99. The summed E-state index contributed by atoms with van der Waals surface area (Å²) in [4.78, 5) is 0. The van der Waals surface area contributed by atoms with Gasteiger partial charge in [-0.25, -0.2) is 0 Å². The van der Waals surface area contributed by atoms with Gasteiger partial charge in [-0.2, -0.15) is 5.10 Å². The average Bonchev–Trinajstić information content (AvgIpc) is 2.48. The molecule has 0 saturated carbocycles. The summed E-state index contributed by atoms with van der Waals surface area (Å²) >= 11 is 6.12. The van der Waals surface area contributed by atoms with Crippen LogP contribution in [0.2, 0.25) is 5.02 Å². The van der Waals surface area contributed by atoms with Crippen LogP contribution in [0.25, 0.3) is 0 Å². The zero-order chi connectivity index (χ0) is 12.8. The van der Waals surface area contributed by atoms with Gasteiger partial charge in [-0.1, -0.05) is 25.4 Å². The van der Waals surface area contributed by atoms with E-state index in [-0.39, 0.29) is 0 Å². The Balaban J connectivity index is 2.22. The zero-order valence-electron chi connectivity index (χ0n) is 11.1. The molecule has 0 unspecified atom stereocenters. The van der Waals surface area contributed by atoms with Gasteiger partial charge in [0.2, 0.25) is 0 Å². The maximum absolute atomic E-state index is 6.12. The number of nitrogens with one attached hydrogen (secondary N) is 1. The summed E-state index contributed by atoms with van der Waals surface area (Å²) in [7, 11) is 1.89. The number of rotatable bonds is 7. The van der Waals surface area contributed by atoms with E-state index >= 15 is 0 Å². The summed E-state index contributed by atoms with van der Waals surface area (Å²) in [6.07, 6.45) is 1.01. The van der Waals surface area contributed by atoms with E-state index < -0.39 is 0 Å². The van der Waals surface area contributed by atoms with Gasteiger partial charge in [0.1, 0.15) is 0 Å². The lowest BCUT2D eigenvalue weighted by molar-refractivity contribution is 0.113. The first kappa shape index (κ1) is 14.5. The molecule has 17 heavy (non-hydrogen) atoms. The van der Waals surface area contributed by atoms with Gasteiger partial charge in [-0.15, -0.1) is 0 Å². The molecule has 0 spiro atoms. The smallest absolute Gasteiger partial charge is 0.0899 e. The second-order valence-electron chi connectivity index (χ2n) is 4.48. The first-order chi connectivity index (χ1) is 8.02. The summed E-state index contributed by atoms with van der Waals surface area (Å²) in [6, 6.07) is 0.532. The van der Waals surface area contributed by atoms with Gasteiger partial charge in [0.05, 0.1) is 23.0 Å². The zero-order valence-corrected chi connectivity index (χ0v) is 11.8. The summed E-state index contributed by atoms with van der Waals surface area (Å²) < 4.78 is 7.37. The molecule has 0 aliphatic heterocycles. The van der Waals surface area contributed by atoms with Gasteiger partial charge >= 0.3 is 0 Å². The van der Waals surface area contributed by atoms with Gasteiger partial charge in [-0.3, -0.25) is 4.68 Å². The van der Waals surface area contributed by atoms with Gasteiger partial charge in [-0.05, 0) is 19.9 Å². The van der Waals surface area contributed by atoms with Crippen LogP contribution in [0.15, 0.2) is 0 Å². The number of hydrogen-bond donors (Lipinski definition) is 1. The molecule has 0 aliphatic carbocycles. The average molecular weight is 260 g/mol. The molecule has 0 fully saturated rings. The van der Waals surface area contributed by atoms with Gasteiger partial charge in [0.15, 0.2) is 0 Å². The van der Waals surface area contributed by atoms with Crippen molar-refractivity contribution >= 4 is 11.6 Å². The molecule has 0 aromatic carbocycles. The quantitative estimate of drug-likeness (QED) is 0.764. The predicted molar refractivity (Wildman–Crippen MR) is 70.4 cm³/mol. The fourth-order valence-electron chi connectivity index (χ4n) is 1.57. The third kappa shape index (κ3) is 4.66. The fraction of sp³-hybridized carbons (Fsp3) is 0.750. The highest BCUT2D eigenvalue weighted by atomic mass is 35.5. The van der Waals surface area contributed by atoms with E-state index in [1.807, 2.05) is 14.0 Å². The number of nitrogens with zero attached hydrogens (tertiary/aromatic N) is 2. The molecule has 0 atom stereocenters. The minimum atomic E-state index is 0.526. The first-order valence-corrected chi connectivity index (χ1v) is 6.39. The molecule has 4 nitrogen and oxygen atoms in total. The Morgan fingerprint density at radius 3 is 2.71 bits per heavy atom. The van der Waals surface area contributed by atoms with Crippen molar-refractivity contribution in [2.24, 2.45) is 7.05 Å². The summed E-state index contributed by atoms with van der Waals surface area (Å²) in [5.41, 5.74) is 1.80. The van der Waals surface area contributed by atoms with Crippen LogP contribution in [0.5, 0.6) is 0 Å². The van der Waals surface area contributed by atoms with E-state index in [0.717, 1.165) is 31.0 Å². The minimum Gasteiger partial charge on any atom is -0.375 e. The first-order valence-electron chi connectivity index (χ1n) is 6.01. The molecule has 98 valence electrons. The fourth-order valence-corrected chi connectivity index (χ4v) is 1.79. The number of aromatic nitrogens is 2. The van der Waals surface area contributed by atoms with E-state index in [4.69, 9.17) is 16.3 Å². The van der Waals surface area contributed by atoms with Crippen molar-refractivity contribution in [3.63, 3.8) is 0 Å². The third-order valence-electron chi connectivity index (χ3n) is 2.52. The lowest BCUT2D eigenvalue weighted by Crippen LogP contribution is -2.24. The van der Waals surface area contributed by atoms with Crippen LogP contribution in [0.1, 0.15) is 31.7 Å². The highest BCUT2D eigenvalue weighted by Gasteiger charge is 2.10. The molecule has 1 N–H and O–H groups in total. The number of halogens is 1. The SMILES string of the molecule is Cc1nn(C)c(COCCCNC(C)C)c1Cl. The van der Waals surface area contributed by atoms with Crippen molar-refractivity contribution in [2.45, 2.75) is 39.8 Å². The second-order valence-corrected chi connectivity index (χ2v) is 4.86. The normalized spacial score (nSPS) is 11.4. The molecule has 0 radical (unpaired) electrons. The Morgan fingerprint density at radius 2 is 2.18 bits per heavy atom. The van der Waals surface area contributed by atoms with E-state index in [9.17, 15) is 0 Å². The van der Waals surface area contributed by atoms with Crippen LogP contribution in [0.3, 0.4) is 0 Å². The Kier molecular flexibility index (Phi) is 5.95. The van der Waals surface area contributed by atoms with Crippen molar-refractivity contribution in [3.05, 3.63) is 16.4 Å². The molecule has 0 amide bonds. The van der Waals surface area contributed by atoms with Crippen LogP contribution in [-0.4, -0.2) is 29.0 Å². The molecule has 0 bridgehead atoms. The summed E-state index contributed by atoms with van der Waals surface area (Å²) in [5, 5.41) is 8.30. The molecule has 1 aromatic rings. The van der Waals surface area contributed by atoms with Crippen LogP contribution in [0, 0.1) is 6.92 Å². The highest BCUT2D eigenvalue weighted by Crippen LogP contribution is 2.19. The number of hydrogen-bond acceptors (Lipinski definition) is 3. The summed E-state index contributed by atoms with van der Waals surface area (Å²) in [5.74, 6) is 0. The monoisotopic (exact) mass is 259 g/mol. The third-order valence-corrected chi connectivity index (χ3v) is 3.01. The lowest BCUT2D eigenvalue weighted by Gasteiger charge is -2.08. The van der Waals surface area contributed by atoms with Crippen LogP contribution < -0.4 is 5.32 Å². The van der Waals surface area contributed by atoms with Gasteiger partial charge in [0.25, 0.3) is 0 Å². The molecule has 1 heterocycles. The molecular weight excluding hydrogens is 238 g/mol. The molecule has 1 rings (SSSR count). The van der Waals surface area contributed by atoms with Crippen molar-refractivity contribution in [1.29, 1.82) is 0 Å². The number of aryl methyl sites for hydroxylation is 2. The van der Waals surface area contributed by atoms with E-state index in [1.165, 1.54) is 0 Å². The molecule has 0 saturated heterocycles. The molecule has 1 aromatic heterocycles. The van der Waals surface area contributed by atoms with Crippen LogP contribution in [-0.2, 0) is 18.4 Å². The standard InChI is InChI=1S/C12H22ClN3O/c1-9(2)14-6-5-7-17-8-11-12(13)10(3)15-16(11)4/h9,14H,5-8H2,1-4H3. The lowest BCUT2D eigenvalue weighted by atomic mass is 10.3.